The predicted octanol–water partition coefficient (Wildman–Crippen LogP) is 2.00. The van der Waals surface area contributed by atoms with Crippen molar-refractivity contribution in [3.05, 3.63) is 23.8 Å². The number of nitrogens with two attached hydrogens (primary N) is 1. The van der Waals surface area contributed by atoms with Crippen LogP contribution in [0.25, 0.3) is 0 Å². The van der Waals surface area contributed by atoms with E-state index in [2.05, 4.69) is 25.2 Å². The Hall–Kier alpha value is -0.560. The fraction of sp³-hybridized carbons (Fsp3) is 0.556. The van der Waals surface area contributed by atoms with Crippen LogP contribution < -0.4 is 5.73 Å². The van der Waals surface area contributed by atoms with Crippen molar-refractivity contribution in [1.29, 1.82) is 0 Å². The van der Waals surface area contributed by atoms with Gasteiger partial charge in [0.15, 0.2) is 0 Å². The van der Waals surface area contributed by atoms with Crippen LogP contribution in [-0.4, -0.2) is 6.04 Å². The maximum atomic E-state index is 5.66. The summed E-state index contributed by atoms with van der Waals surface area (Å²) in [6.45, 7) is 2.05. The van der Waals surface area contributed by atoms with Gasteiger partial charge in [0.25, 0.3) is 0 Å². The lowest BCUT2D eigenvalue weighted by atomic mass is 9.99. The first-order valence-electron chi connectivity index (χ1n) is 3.89. The molecule has 0 spiro atoms. The highest BCUT2D eigenvalue weighted by molar-refractivity contribution is 5.18. The fourth-order valence-electron chi connectivity index (χ4n) is 1.24. The molecular weight excluding hydrogens is 122 g/mol. The Bertz CT molecular complexity index is 154. The summed E-state index contributed by atoms with van der Waals surface area (Å²) in [5.41, 5.74) is 7.16. The van der Waals surface area contributed by atoms with Gasteiger partial charge in [0.1, 0.15) is 0 Å². The monoisotopic (exact) mass is 137 g/mol. The zero-order valence-electron chi connectivity index (χ0n) is 6.51. The second-order valence-corrected chi connectivity index (χ2v) is 2.97. The van der Waals surface area contributed by atoms with Crippen LogP contribution in [0.5, 0.6) is 0 Å². The third-order valence-corrected chi connectivity index (χ3v) is 1.68. The maximum absolute atomic E-state index is 5.66. The minimum atomic E-state index is 0.317. The van der Waals surface area contributed by atoms with Gasteiger partial charge < -0.3 is 5.73 Å². The molecule has 1 aliphatic carbocycles. The van der Waals surface area contributed by atoms with Gasteiger partial charge in [0.05, 0.1) is 0 Å². The third-order valence-electron chi connectivity index (χ3n) is 1.68. The molecule has 0 heterocycles. The van der Waals surface area contributed by atoms with Crippen LogP contribution in [-0.2, 0) is 0 Å². The van der Waals surface area contributed by atoms with E-state index in [1.54, 1.807) is 0 Å². The number of allylic oxidation sites excluding steroid dienone is 3. The first-order chi connectivity index (χ1) is 4.79. The van der Waals surface area contributed by atoms with Gasteiger partial charge in [-0.15, -0.1) is 0 Å². The van der Waals surface area contributed by atoms with Gasteiger partial charge in [-0.05, 0) is 26.2 Å². The third kappa shape index (κ3) is 2.36. The molecule has 1 nitrogen and oxygen atoms in total. The molecule has 0 aromatic heterocycles. The Morgan fingerprint density at radius 3 is 3.00 bits per heavy atom. The summed E-state index contributed by atoms with van der Waals surface area (Å²) in [6, 6.07) is 0.317. The van der Waals surface area contributed by atoms with Crippen LogP contribution in [0.1, 0.15) is 26.2 Å². The van der Waals surface area contributed by atoms with Gasteiger partial charge in [-0.25, -0.2) is 0 Å². The molecule has 0 bridgehead atoms. The van der Waals surface area contributed by atoms with E-state index in [1.807, 2.05) is 0 Å². The van der Waals surface area contributed by atoms with E-state index in [0.29, 0.717) is 6.04 Å². The van der Waals surface area contributed by atoms with Crippen molar-refractivity contribution in [1.82, 2.24) is 0 Å². The molecule has 1 rings (SSSR count). The Kier molecular flexibility index (Phi) is 2.69. The van der Waals surface area contributed by atoms with Crippen LogP contribution in [0.3, 0.4) is 0 Å². The highest BCUT2D eigenvalue weighted by Gasteiger charge is 2.01. The Balaban J connectivity index is 2.39. The second kappa shape index (κ2) is 3.57. The van der Waals surface area contributed by atoms with E-state index in [0.717, 1.165) is 6.42 Å². The van der Waals surface area contributed by atoms with Crippen molar-refractivity contribution in [2.45, 2.75) is 32.2 Å². The minimum Gasteiger partial charge on any atom is -0.328 e. The van der Waals surface area contributed by atoms with E-state index in [1.165, 1.54) is 18.4 Å². The van der Waals surface area contributed by atoms with E-state index in [9.17, 15) is 0 Å². The quantitative estimate of drug-likeness (QED) is 0.619. The average Bonchev–Trinajstić information content (AvgIpc) is 1.88. The zero-order valence-corrected chi connectivity index (χ0v) is 6.51. The summed E-state index contributed by atoms with van der Waals surface area (Å²) in [5.74, 6) is 0. The molecule has 0 aliphatic heterocycles. The topological polar surface area (TPSA) is 26.0 Å². The molecule has 2 N–H and O–H groups in total. The fourth-order valence-corrected chi connectivity index (χ4v) is 1.24. The normalized spacial score (nSPS) is 20.4. The van der Waals surface area contributed by atoms with Crippen molar-refractivity contribution < 1.29 is 0 Å². The lowest BCUT2D eigenvalue weighted by molar-refractivity contribution is 0.702. The molecule has 0 aromatic carbocycles. The molecule has 56 valence electrons. The summed E-state index contributed by atoms with van der Waals surface area (Å²) in [7, 11) is 0. The first-order valence-corrected chi connectivity index (χ1v) is 3.89. The van der Waals surface area contributed by atoms with Gasteiger partial charge in [0.2, 0.25) is 0 Å². The van der Waals surface area contributed by atoms with E-state index >= 15 is 0 Å². The van der Waals surface area contributed by atoms with E-state index in [-0.39, 0.29) is 0 Å². The van der Waals surface area contributed by atoms with Crippen molar-refractivity contribution in [3.8, 4) is 0 Å². The predicted molar refractivity (Wildman–Crippen MR) is 44.7 cm³/mol. The van der Waals surface area contributed by atoms with Crippen molar-refractivity contribution in [3.63, 3.8) is 0 Å². The van der Waals surface area contributed by atoms with Crippen LogP contribution in [0.4, 0.5) is 0 Å². The Labute approximate surface area is 62.6 Å². The SMILES string of the molecule is CC(N)CC1=CC=CCC1. The molecule has 10 heavy (non-hydrogen) atoms. The largest absolute Gasteiger partial charge is 0.328 e. The molecule has 0 amide bonds. The van der Waals surface area contributed by atoms with Crippen LogP contribution in [0, 0.1) is 0 Å². The van der Waals surface area contributed by atoms with Gasteiger partial charge in [-0.1, -0.05) is 23.8 Å². The lowest BCUT2D eigenvalue weighted by Gasteiger charge is -2.10. The van der Waals surface area contributed by atoms with Gasteiger partial charge in [-0.2, -0.15) is 0 Å². The lowest BCUT2D eigenvalue weighted by Crippen LogP contribution is -2.15. The Morgan fingerprint density at radius 1 is 1.70 bits per heavy atom. The summed E-state index contributed by atoms with van der Waals surface area (Å²) >= 11 is 0. The van der Waals surface area contributed by atoms with Crippen molar-refractivity contribution >= 4 is 0 Å². The summed E-state index contributed by atoms with van der Waals surface area (Å²) in [6.07, 6.45) is 9.97. The summed E-state index contributed by atoms with van der Waals surface area (Å²) in [5, 5.41) is 0. The summed E-state index contributed by atoms with van der Waals surface area (Å²) in [4.78, 5) is 0. The van der Waals surface area contributed by atoms with E-state index in [4.69, 9.17) is 5.73 Å². The molecular formula is C9H15N. The molecule has 1 aliphatic rings. The maximum Gasteiger partial charge on any atom is 0.00477 e. The molecule has 1 heteroatoms. The summed E-state index contributed by atoms with van der Waals surface area (Å²) < 4.78 is 0. The number of rotatable bonds is 2. The molecule has 0 saturated heterocycles. The highest BCUT2D eigenvalue weighted by Crippen LogP contribution is 2.15. The first kappa shape index (κ1) is 7.55. The molecule has 1 unspecified atom stereocenters. The smallest absolute Gasteiger partial charge is 0.00477 e. The highest BCUT2D eigenvalue weighted by atomic mass is 14.6. The minimum absolute atomic E-state index is 0.317. The van der Waals surface area contributed by atoms with Gasteiger partial charge in [0, 0.05) is 6.04 Å². The van der Waals surface area contributed by atoms with Crippen molar-refractivity contribution in [2.24, 2.45) is 5.73 Å². The van der Waals surface area contributed by atoms with Crippen LogP contribution >= 0.6 is 0 Å². The van der Waals surface area contributed by atoms with Crippen LogP contribution in [0.15, 0.2) is 23.8 Å². The molecule has 1 atom stereocenters. The Morgan fingerprint density at radius 2 is 2.50 bits per heavy atom. The second-order valence-electron chi connectivity index (χ2n) is 2.97. The molecule has 0 fully saturated rings. The zero-order chi connectivity index (χ0) is 7.40. The van der Waals surface area contributed by atoms with E-state index < -0.39 is 0 Å². The van der Waals surface area contributed by atoms with Gasteiger partial charge in [-0.3, -0.25) is 0 Å². The van der Waals surface area contributed by atoms with Crippen LogP contribution in [0.2, 0.25) is 0 Å². The number of hydrogen-bond donors (Lipinski definition) is 1. The average molecular weight is 137 g/mol. The number of hydrogen-bond acceptors (Lipinski definition) is 1. The van der Waals surface area contributed by atoms with Crippen molar-refractivity contribution in [2.75, 3.05) is 0 Å². The molecule has 0 aromatic rings. The molecule has 0 saturated carbocycles. The molecule has 0 radical (unpaired) electrons. The standard InChI is InChI=1S/C9H15N/c1-8(10)7-9-5-3-2-4-6-9/h2-3,5,8H,4,6-7,10H2,1H3. The van der Waals surface area contributed by atoms with Gasteiger partial charge >= 0.3 is 0 Å².